The van der Waals surface area contributed by atoms with Gasteiger partial charge in [-0.2, -0.15) is 50.5 Å². The molecular weight excluding hydrogens is 1360 g/mol. The Morgan fingerprint density at radius 3 is 0.616 bits per heavy atom. The Kier molecular flexibility index (Phi) is 85.1. The van der Waals surface area contributed by atoms with Crippen LogP contribution in [0.25, 0.3) is 0 Å². The molecule has 0 N–H and O–H groups in total. The molecule has 31 heteroatoms. The summed E-state index contributed by atoms with van der Waals surface area (Å²) < 4.78 is 52.9. The summed E-state index contributed by atoms with van der Waals surface area (Å²) in [6, 6.07) is 0. The normalized spacial score (nSPS) is 10.4. The first kappa shape index (κ1) is 94.6. The number of hydrogen-bond acceptors (Lipinski definition) is 29. The summed E-state index contributed by atoms with van der Waals surface area (Å²) in [5, 5.41) is -1.12. The van der Waals surface area contributed by atoms with Gasteiger partial charge in [0, 0.05) is 96.1 Å². The molecule has 0 rings (SSSR count). The third-order valence-electron chi connectivity index (χ3n) is 8.57. The molecular formula is C55H94Cl2O19S10. The van der Waals surface area contributed by atoms with Crippen molar-refractivity contribution in [2.24, 2.45) is 0 Å². The molecule has 0 atom stereocenters. The number of thioether (sulfide) groups is 6. The van der Waals surface area contributed by atoms with Crippen LogP contribution in [0.15, 0.2) is 36.5 Å². The van der Waals surface area contributed by atoms with Gasteiger partial charge in [-0.25, -0.2) is 0 Å². The minimum absolute atomic E-state index is 0.0199. The van der Waals surface area contributed by atoms with Crippen LogP contribution in [0.3, 0.4) is 0 Å². The lowest BCUT2D eigenvalue weighted by molar-refractivity contribution is -0.116. The quantitative estimate of drug-likeness (QED) is 0.0192. The number of allylic oxidation sites excluding steroid dienone is 1. The number of carbonyl (C=O) groups is 9. The van der Waals surface area contributed by atoms with Crippen molar-refractivity contribution >= 4 is 191 Å². The van der Waals surface area contributed by atoms with Gasteiger partial charge in [-0.05, 0) is 67.6 Å². The largest absolute Gasteiger partial charge is 0.378 e. The highest BCUT2D eigenvalue weighted by Crippen LogP contribution is 2.15. The van der Waals surface area contributed by atoms with Crippen LogP contribution in [-0.4, -0.2) is 237 Å². The maximum atomic E-state index is 11.9. The Morgan fingerprint density at radius 2 is 0.465 bits per heavy atom. The van der Waals surface area contributed by atoms with Crippen LogP contribution in [0, 0.1) is 0 Å². The summed E-state index contributed by atoms with van der Waals surface area (Å²) in [4.78, 5) is 99.7. The van der Waals surface area contributed by atoms with Crippen molar-refractivity contribution < 1.29 is 90.5 Å². The van der Waals surface area contributed by atoms with E-state index in [1.807, 2.05) is 0 Å². The molecule has 0 aliphatic carbocycles. The Bertz CT molecular complexity index is 1670. The standard InChI is InChI=1S/C24H38O8S4.C16H30O6S4.C6H14O2S2.C5H8O.C4H4Cl2O2/c1-19(2)23(27)35-17-13-31-9-7-29-11-15-33-21(25)5-6-22(26)34-16-12-30-8-10-32-14-18-36-24(28)20(3)4;17-15(25-13-9-21-5-3-19-7-11-23)1-2-16(18)26-14-10-22-6-4-20-8-12-24;9-5-3-7-1-2-8-4-6-10;1-4(2)5(3)6;5-3(7)1-2-4(6)8/h1,3,5-18H2,2,4H3;23-24H,1-14H2;9-10H,1-6H2;1H2,2-3H3;1-2H2. The maximum Gasteiger partial charge on any atom is 0.222 e. The summed E-state index contributed by atoms with van der Waals surface area (Å²) >= 11 is 32.9. The number of halogens is 2. The molecule has 0 unspecified atom stereocenters. The number of carbonyl (C=O) groups excluding carboxylic acids is 9. The number of Topliss-reactive ketones (excluding diaryl/α,β-unsaturated/α-hetero) is 1. The van der Waals surface area contributed by atoms with Crippen LogP contribution in [0.2, 0.25) is 0 Å². The predicted octanol–water partition coefficient (Wildman–Crippen LogP) is 9.56. The Morgan fingerprint density at radius 1 is 0.291 bits per heavy atom. The predicted molar refractivity (Wildman–Crippen MR) is 373 cm³/mol. The first-order valence-electron chi connectivity index (χ1n) is 27.1. The van der Waals surface area contributed by atoms with Gasteiger partial charge in [-0.3, -0.25) is 43.2 Å². The molecule has 0 fully saturated rings. The van der Waals surface area contributed by atoms with E-state index >= 15 is 0 Å². The highest BCUT2D eigenvalue weighted by atomic mass is 35.5. The van der Waals surface area contributed by atoms with Crippen molar-refractivity contribution in [2.75, 3.05) is 190 Å². The third kappa shape index (κ3) is 90.3. The third-order valence-corrected chi connectivity index (χ3v) is 15.2. The molecule has 0 amide bonds. The van der Waals surface area contributed by atoms with Gasteiger partial charge in [0.25, 0.3) is 0 Å². The van der Waals surface area contributed by atoms with Gasteiger partial charge in [0.1, 0.15) is 0 Å². The maximum absolute atomic E-state index is 11.9. The van der Waals surface area contributed by atoms with Gasteiger partial charge in [-0.1, -0.05) is 90.3 Å². The van der Waals surface area contributed by atoms with Gasteiger partial charge in [0.05, 0.1) is 132 Å². The molecule has 0 bridgehead atoms. The minimum Gasteiger partial charge on any atom is -0.378 e. The first-order chi connectivity index (χ1) is 41.1. The second-order valence-corrected chi connectivity index (χ2v) is 25.7. The number of ketones is 1. The van der Waals surface area contributed by atoms with Crippen molar-refractivity contribution in [2.45, 2.75) is 66.2 Å². The van der Waals surface area contributed by atoms with E-state index < -0.39 is 10.5 Å². The van der Waals surface area contributed by atoms with Crippen LogP contribution in [-0.2, 0) is 90.5 Å². The Hall–Kier alpha value is -0.0700. The van der Waals surface area contributed by atoms with Crippen molar-refractivity contribution in [3.05, 3.63) is 36.5 Å². The number of ether oxygens (including phenoxy) is 10. The fraction of sp³-hybridized carbons (Fsp3) is 0.727. The fourth-order valence-corrected chi connectivity index (χ4v) is 8.92. The summed E-state index contributed by atoms with van der Waals surface area (Å²) in [5.41, 5.74) is 1.68. The summed E-state index contributed by atoms with van der Waals surface area (Å²) in [5.74, 6) is 6.40. The van der Waals surface area contributed by atoms with Crippen LogP contribution in [0.1, 0.15) is 66.2 Å². The molecule has 0 heterocycles. The van der Waals surface area contributed by atoms with Crippen molar-refractivity contribution in [1.82, 2.24) is 0 Å². The zero-order chi connectivity index (χ0) is 65.7. The average Bonchev–Trinajstić information content (AvgIpc) is 3.48. The van der Waals surface area contributed by atoms with Crippen molar-refractivity contribution in [3.63, 3.8) is 0 Å². The molecule has 19 nitrogen and oxygen atoms in total. The molecule has 0 spiro atoms. The molecule has 86 heavy (non-hydrogen) atoms. The zero-order valence-electron chi connectivity index (χ0n) is 50.3. The van der Waals surface area contributed by atoms with E-state index in [1.165, 1.54) is 54.0 Å². The van der Waals surface area contributed by atoms with Gasteiger partial charge >= 0.3 is 0 Å². The molecule has 0 radical (unpaired) electrons. The fourth-order valence-electron chi connectivity index (χ4n) is 4.25. The minimum atomic E-state index is -0.529. The molecule has 502 valence electrons. The monoisotopic (exact) mass is 1450 g/mol. The van der Waals surface area contributed by atoms with E-state index in [0.717, 1.165) is 35.0 Å². The number of hydrogen-bond donors (Lipinski definition) is 4. The van der Waals surface area contributed by atoms with E-state index in [1.54, 1.807) is 20.8 Å². The van der Waals surface area contributed by atoms with Gasteiger partial charge in [0.15, 0.2) is 26.2 Å². The SMILES string of the molecule is C=C(C)C(=O)SCCOCCOCCSC(=O)CCC(=O)SCCOCCOCCSC(=O)C(=C)C.C=C(C)C(C)=O.O=C(CCC(=O)SCCOCCOCCS)SCCOCCOCCS.O=C(Cl)CCC(=O)Cl.SCCOCCOCCS. The highest BCUT2D eigenvalue weighted by molar-refractivity contribution is 8.15. The van der Waals surface area contributed by atoms with Crippen LogP contribution >= 0.6 is 144 Å². The van der Waals surface area contributed by atoms with Crippen LogP contribution < -0.4 is 0 Å². The average molecular weight is 1450 g/mol. The Balaban J connectivity index is -0.000000375. The molecule has 0 saturated carbocycles. The van der Waals surface area contributed by atoms with Gasteiger partial charge in [-0.15, -0.1) is 0 Å². The lowest BCUT2D eigenvalue weighted by Gasteiger charge is -2.06. The molecule has 0 aromatic carbocycles. The van der Waals surface area contributed by atoms with Crippen LogP contribution in [0.4, 0.5) is 0 Å². The smallest absolute Gasteiger partial charge is 0.222 e. The van der Waals surface area contributed by atoms with Gasteiger partial charge in [0.2, 0.25) is 20.7 Å². The second-order valence-electron chi connectivity index (χ2n) is 16.3. The number of rotatable bonds is 53. The summed E-state index contributed by atoms with van der Waals surface area (Å²) in [6.07, 6.45) is 1.01. The molecule has 0 aliphatic heterocycles. The molecule has 0 aromatic heterocycles. The van der Waals surface area contributed by atoms with E-state index in [-0.39, 0.29) is 75.0 Å². The Labute approximate surface area is 569 Å². The van der Waals surface area contributed by atoms with Crippen molar-refractivity contribution in [1.29, 1.82) is 0 Å². The molecule has 0 aliphatic rings. The lowest BCUT2D eigenvalue weighted by Crippen LogP contribution is -2.10. The second kappa shape index (κ2) is 77.4. The lowest BCUT2D eigenvalue weighted by atomic mass is 10.3. The summed E-state index contributed by atoms with van der Waals surface area (Å²) in [6.45, 7) is 27.7. The van der Waals surface area contributed by atoms with E-state index in [2.05, 4.69) is 70.3 Å². The van der Waals surface area contributed by atoms with E-state index in [4.69, 9.17) is 70.6 Å². The molecule has 0 saturated heterocycles. The summed E-state index contributed by atoms with van der Waals surface area (Å²) in [7, 11) is 0. The number of thiol groups is 4. The topological polar surface area (TPSA) is 246 Å². The van der Waals surface area contributed by atoms with E-state index in [9.17, 15) is 43.2 Å². The van der Waals surface area contributed by atoms with Crippen molar-refractivity contribution in [3.8, 4) is 0 Å². The van der Waals surface area contributed by atoms with Crippen LogP contribution in [0.5, 0.6) is 0 Å². The van der Waals surface area contributed by atoms with E-state index in [0.29, 0.717) is 195 Å². The molecule has 0 aromatic rings. The van der Waals surface area contributed by atoms with Gasteiger partial charge < -0.3 is 47.4 Å². The first-order valence-corrected chi connectivity index (χ1v) is 36.3. The highest BCUT2D eigenvalue weighted by Gasteiger charge is 2.11. The zero-order valence-corrected chi connectivity index (χ0v) is 60.3.